The van der Waals surface area contributed by atoms with Crippen LogP contribution in [-0.2, 0) is 0 Å². The van der Waals surface area contributed by atoms with Crippen molar-refractivity contribution in [1.82, 2.24) is 54.7 Å². The molecular weight excluding hydrogens is 1570 g/mol. The average molecular weight is 1680 g/mol. The molecule has 6 unspecified atom stereocenters. The summed E-state index contributed by atoms with van der Waals surface area (Å²) in [5, 5.41) is 10.4. The van der Waals surface area contributed by atoms with Crippen LogP contribution in [0.2, 0.25) is 0 Å². The minimum absolute atomic E-state index is 0.143. The fourth-order valence-corrected chi connectivity index (χ4v) is 18.8. The van der Waals surface area contributed by atoms with Crippen LogP contribution in [0.15, 0.2) is 230 Å². The van der Waals surface area contributed by atoms with Gasteiger partial charge in [0.05, 0.1) is 42.6 Å². The van der Waals surface area contributed by atoms with E-state index in [9.17, 15) is 0 Å². The number of aryl methyl sites for hydroxylation is 8. The molecule has 0 saturated heterocycles. The topological polar surface area (TPSA) is 214 Å². The van der Waals surface area contributed by atoms with Crippen molar-refractivity contribution in [2.24, 2.45) is 0 Å². The number of hydrogen-bond acceptors (Lipinski definition) is 24. The zero-order valence-electron chi connectivity index (χ0n) is 79.6. The number of nitrogens with zero attached hydrogens (tertiary/aromatic N) is 19. The predicted molar refractivity (Wildman–Crippen MR) is 511 cm³/mol. The van der Waals surface area contributed by atoms with Crippen molar-refractivity contribution in [1.29, 1.82) is 0 Å². The first-order chi connectivity index (χ1) is 62.6. The molecule has 17 heterocycles. The van der Waals surface area contributed by atoms with Crippen molar-refractivity contribution in [3.05, 3.63) is 252 Å². The lowest BCUT2D eigenvalue weighted by molar-refractivity contribution is 0.263. The van der Waals surface area contributed by atoms with Gasteiger partial charge in [-0.15, -0.1) is 0 Å². The van der Waals surface area contributed by atoms with Crippen LogP contribution < -0.4 is 39.2 Å². The molecule has 0 spiro atoms. The van der Waals surface area contributed by atoms with E-state index < -0.39 is 25.1 Å². The summed E-state index contributed by atoms with van der Waals surface area (Å²) in [7, 11) is 4.22. The second-order valence-electron chi connectivity index (χ2n) is 33.8. The molecule has 18 aromatic rings. The first-order valence-electron chi connectivity index (χ1n) is 45.3. The van der Waals surface area contributed by atoms with Crippen LogP contribution in [0.5, 0.6) is 0 Å². The normalized spacial score (nSPS) is 18.4. The van der Waals surface area contributed by atoms with E-state index in [1.54, 1.807) is 31.0 Å². The van der Waals surface area contributed by atoms with Gasteiger partial charge >= 0.3 is 0 Å². The van der Waals surface area contributed by atoms with Gasteiger partial charge in [-0.05, 0) is 232 Å². The van der Waals surface area contributed by atoms with Gasteiger partial charge in [0.1, 0.15) is 30.8 Å². The summed E-state index contributed by atoms with van der Waals surface area (Å²) in [6.07, 6.45) is 18.4. The summed E-state index contributed by atoms with van der Waals surface area (Å²) in [6.45, 7) is 33.9. The maximum atomic E-state index is 8.73. The number of aromatic nitrogens is 9. The fraction of sp³-hybridized carbons (Fsp3) is 0.284. The van der Waals surface area contributed by atoms with E-state index in [2.05, 4.69) is 278 Å². The maximum absolute atomic E-state index is 8.73. The number of hydrogen-bond donors (Lipinski definition) is 0. The molecule has 24 nitrogen and oxygen atoms in total. The highest BCUT2D eigenvalue weighted by atomic mass is 16.4. The molecule has 638 valence electrons. The van der Waals surface area contributed by atoms with Gasteiger partial charge in [-0.2, -0.15) is 0 Å². The minimum atomic E-state index is -2.56. The monoisotopic (exact) mass is 1680 g/mol. The van der Waals surface area contributed by atoms with Crippen LogP contribution in [0.4, 0.5) is 63.1 Å². The Morgan fingerprint density at radius 3 is 1.06 bits per heavy atom. The first-order valence-corrected chi connectivity index (χ1v) is 42.8. The Hall–Kier alpha value is -14.3. The maximum Gasteiger partial charge on any atom is 0.227 e. The predicted octanol–water partition coefficient (Wildman–Crippen LogP) is 24.2. The van der Waals surface area contributed by atoms with Crippen LogP contribution in [0.1, 0.15) is 128 Å². The molecule has 12 aromatic heterocycles. The summed E-state index contributed by atoms with van der Waals surface area (Å²) < 4.78 is 72.2. The largest absolute Gasteiger partial charge is 0.435 e. The smallest absolute Gasteiger partial charge is 0.227 e. The molecule has 6 atom stereocenters. The minimum Gasteiger partial charge on any atom is -0.435 e. The zero-order valence-corrected chi connectivity index (χ0v) is 74.6. The molecule has 24 heteroatoms. The van der Waals surface area contributed by atoms with Crippen LogP contribution >= 0.6 is 0 Å². The van der Waals surface area contributed by atoms with Gasteiger partial charge in [0.25, 0.3) is 0 Å². The standard InChI is InChI=1S/C22H21N3O.2C21H21N5O.C20H23N3O.C18H19N3O/c1-13-9-11-16-17-12-10-14(2)23-22(17)26-21(16)20(13)25-15(3)24(4)18-7-5-6-8-19(18)25;2*1-12(2)25-14(4)26(20-19(25)22-10-11-23-20)17-13(3)7-8-15-16-6-5-9-24-21(16)27-18(15)17;1-12(2)22-10-11-23(15(22)5)18-13(3)6-8-16-17-9-7-14(4)21-20(17)24-19(16)18;1-11-5-7-14-15-8-6-12(2)19-18(15)22-17(14)16(11)21-10-9-20(4)13(21)3/h5-12,15H,1-4H3;2*5-12,14H,1-4H3;6-12,15H,1-5H3;5-10,13H,1-4H3/i;1D3,12D;12D;;. The number of anilines is 11. The number of rotatable bonds is 8. The SMILES string of the molecule is Cc1ccc2c(n1)oc1c(N3C=CN(C(C)C)C3C)c(C)ccc12.Cc1ccc2c(n1)oc1c(N3C=CN(C)C3C)c(C)ccc12.Cc1ccc2c(n1)oc1c(N3c4ccccc4N(C)C3C)c(C)ccc12.[2H]C(C)(C)N1c2nccnc2N(c2c(C)ccc3c2oc2ncccc23)C1C.[2H]C([2H])([2H])C([2H])(C)N1c2nccnc2N(c2c(C)ccc3c2oc2ncccc23)C1C. The Morgan fingerprint density at radius 2 is 0.667 bits per heavy atom. The summed E-state index contributed by atoms with van der Waals surface area (Å²) in [6, 6.07) is 47.5. The van der Waals surface area contributed by atoms with Gasteiger partial charge in [-0.25, -0.2) is 44.9 Å². The molecule has 6 aromatic carbocycles. The molecule has 0 fully saturated rings. The molecule has 5 aliphatic rings. The molecule has 0 bridgehead atoms. The number of para-hydroxylation sites is 2. The fourth-order valence-electron chi connectivity index (χ4n) is 18.8. The third-order valence-corrected chi connectivity index (χ3v) is 25.2. The van der Waals surface area contributed by atoms with Crippen molar-refractivity contribution in [3.63, 3.8) is 0 Å². The van der Waals surface area contributed by atoms with Crippen LogP contribution in [0, 0.1) is 55.4 Å². The van der Waals surface area contributed by atoms with Gasteiger partial charge in [-0.1, -0.05) is 72.8 Å². The van der Waals surface area contributed by atoms with Gasteiger partial charge < -0.3 is 61.3 Å². The first kappa shape index (κ1) is 75.5. The third-order valence-electron chi connectivity index (χ3n) is 25.2. The molecule has 5 aliphatic heterocycles. The zero-order chi connectivity index (χ0) is 92.2. The lowest BCUT2D eigenvalue weighted by Crippen LogP contribution is -2.42. The van der Waals surface area contributed by atoms with E-state index in [0.717, 1.165) is 139 Å². The highest BCUT2D eigenvalue weighted by Crippen LogP contribution is 2.52. The lowest BCUT2D eigenvalue weighted by atomic mass is 10.1. The second kappa shape index (κ2) is 31.8. The van der Waals surface area contributed by atoms with E-state index in [4.69, 9.17) is 28.9 Å². The van der Waals surface area contributed by atoms with Crippen molar-refractivity contribution >= 4 is 173 Å². The third kappa shape index (κ3) is 13.4. The van der Waals surface area contributed by atoms with Crippen molar-refractivity contribution in [3.8, 4) is 0 Å². The Balaban J connectivity index is 0.000000106. The molecule has 126 heavy (non-hydrogen) atoms. The average Bonchev–Trinajstić information content (AvgIpc) is 1.53. The molecule has 0 radical (unpaired) electrons. The summed E-state index contributed by atoms with van der Waals surface area (Å²) in [5.41, 5.74) is 23.5. The summed E-state index contributed by atoms with van der Waals surface area (Å²) in [4.78, 5) is 61.8. The van der Waals surface area contributed by atoms with E-state index in [1.165, 1.54) is 46.1 Å². The van der Waals surface area contributed by atoms with Gasteiger partial charge in [0.15, 0.2) is 51.2 Å². The molecule has 0 aliphatic carbocycles. The summed E-state index contributed by atoms with van der Waals surface area (Å²) >= 11 is 0. The number of furan rings is 5. The van der Waals surface area contributed by atoms with Crippen molar-refractivity contribution in [2.75, 3.05) is 53.3 Å². The Kier molecular flexibility index (Phi) is 19.0. The van der Waals surface area contributed by atoms with Gasteiger partial charge in [0, 0.05) is 169 Å². The van der Waals surface area contributed by atoms with Crippen LogP contribution in [0.3, 0.4) is 0 Å². The summed E-state index contributed by atoms with van der Waals surface area (Å²) in [5.74, 6) is 2.29. The molecule has 0 amide bonds. The highest BCUT2D eigenvalue weighted by molar-refractivity contribution is 6.14. The second-order valence-corrected chi connectivity index (χ2v) is 33.8. The van der Waals surface area contributed by atoms with Crippen molar-refractivity contribution < 1.29 is 28.9 Å². The van der Waals surface area contributed by atoms with E-state index in [0.29, 0.717) is 57.6 Å². The van der Waals surface area contributed by atoms with E-state index >= 15 is 0 Å². The molecule has 0 saturated carbocycles. The van der Waals surface area contributed by atoms with Gasteiger partial charge in [-0.3, -0.25) is 9.80 Å². The quantitative estimate of drug-likeness (QED) is 0.138. The highest BCUT2D eigenvalue weighted by Gasteiger charge is 2.43. The van der Waals surface area contributed by atoms with Crippen molar-refractivity contribution in [2.45, 2.75) is 180 Å². The Labute approximate surface area is 739 Å². The van der Waals surface area contributed by atoms with Crippen LogP contribution in [-0.4, -0.2) is 118 Å². The molecule has 23 rings (SSSR count). The number of pyridine rings is 5. The lowest BCUT2D eigenvalue weighted by Gasteiger charge is -2.33. The van der Waals surface area contributed by atoms with E-state index in [1.807, 2.05) is 113 Å². The number of fused-ring (bicyclic) bond motifs is 18. The Bertz CT molecular complexity index is 7620. The number of benzene rings is 6. The Morgan fingerprint density at radius 1 is 0.317 bits per heavy atom. The van der Waals surface area contributed by atoms with Crippen LogP contribution in [0.25, 0.3) is 110 Å². The van der Waals surface area contributed by atoms with E-state index in [-0.39, 0.29) is 24.7 Å². The molecule has 0 N–H and O–H groups in total. The van der Waals surface area contributed by atoms with Gasteiger partial charge in [0.2, 0.25) is 28.6 Å². The molecular formula is C102H105N19O5.